The third-order valence-corrected chi connectivity index (χ3v) is 3.18. The lowest BCUT2D eigenvalue weighted by atomic mass is 10.1. The summed E-state index contributed by atoms with van der Waals surface area (Å²) in [5.41, 5.74) is 1.61. The quantitative estimate of drug-likeness (QED) is 0.792. The molecule has 0 aliphatic heterocycles. The van der Waals surface area contributed by atoms with Gasteiger partial charge in [-0.25, -0.2) is 0 Å². The summed E-state index contributed by atoms with van der Waals surface area (Å²) in [4.78, 5) is 14.3. The van der Waals surface area contributed by atoms with Crippen LogP contribution < -0.4 is 10.6 Å². The summed E-state index contributed by atoms with van der Waals surface area (Å²) in [6, 6.07) is 7.95. The van der Waals surface area contributed by atoms with Crippen molar-refractivity contribution < 1.29 is 4.79 Å². The van der Waals surface area contributed by atoms with Crippen LogP contribution in [0.1, 0.15) is 30.6 Å². The molecular formula is C15H25N3O. The van der Waals surface area contributed by atoms with Crippen LogP contribution in [-0.2, 0) is 0 Å². The fourth-order valence-corrected chi connectivity index (χ4v) is 1.61. The van der Waals surface area contributed by atoms with Crippen molar-refractivity contribution in [2.24, 2.45) is 0 Å². The number of carbonyl (C=O) groups excluding carboxylic acids is 1. The highest BCUT2D eigenvalue weighted by atomic mass is 16.1. The summed E-state index contributed by atoms with van der Waals surface area (Å²) in [5.74, 6) is -0.0205. The Morgan fingerprint density at radius 3 is 2.63 bits per heavy atom. The van der Waals surface area contributed by atoms with Gasteiger partial charge in [-0.3, -0.25) is 4.79 Å². The second-order valence-corrected chi connectivity index (χ2v) is 5.00. The normalized spacial score (nSPS) is 12.3. The van der Waals surface area contributed by atoms with E-state index in [1.807, 2.05) is 38.4 Å². The van der Waals surface area contributed by atoms with E-state index in [-0.39, 0.29) is 5.91 Å². The van der Waals surface area contributed by atoms with Gasteiger partial charge in [0.05, 0.1) is 5.56 Å². The van der Waals surface area contributed by atoms with E-state index < -0.39 is 0 Å². The third-order valence-electron chi connectivity index (χ3n) is 3.18. The van der Waals surface area contributed by atoms with Crippen molar-refractivity contribution in [2.75, 3.05) is 32.5 Å². The molecule has 2 N–H and O–H groups in total. The maximum Gasteiger partial charge on any atom is 0.253 e. The van der Waals surface area contributed by atoms with Gasteiger partial charge in [-0.15, -0.1) is 0 Å². The minimum atomic E-state index is -0.0205. The van der Waals surface area contributed by atoms with Gasteiger partial charge >= 0.3 is 0 Å². The van der Waals surface area contributed by atoms with E-state index in [4.69, 9.17) is 0 Å². The van der Waals surface area contributed by atoms with Gasteiger partial charge in [0.1, 0.15) is 0 Å². The predicted molar refractivity (Wildman–Crippen MR) is 80.7 cm³/mol. The Kier molecular flexibility index (Phi) is 6.36. The van der Waals surface area contributed by atoms with Crippen molar-refractivity contribution in [3.8, 4) is 0 Å². The number of amides is 1. The zero-order valence-electron chi connectivity index (χ0n) is 12.4. The lowest BCUT2D eigenvalue weighted by Crippen LogP contribution is -2.38. The van der Waals surface area contributed by atoms with Gasteiger partial charge in [0.25, 0.3) is 5.91 Å². The first-order chi connectivity index (χ1) is 9.06. The Morgan fingerprint density at radius 2 is 2.00 bits per heavy atom. The second kappa shape index (κ2) is 7.79. The topological polar surface area (TPSA) is 44.4 Å². The molecule has 0 aliphatic carbocycles. The molecule has 0 spiro atoms. The first-order valence-corrected chi connectivity index (χ1v) is 6.83. The molecule has 0 bridgehead atoms. The lowest BCUT2D eigenvalue weighted by molar-refractivity contribution is 0.0944. The number of hydrogen-bond acceptors (Lipinski definition) is 3. The first kappa shape index (κ1) is 15.5. The van der Waals surface area contributed by atoms with Crippen LogP contribution in [0.3, 0.4) is 0 Å². The minimum absolute atomic E-state index is 0.0205. The van der Waals surface area contributed by atoms with E-state index in [1.165, 1.54) is 0 Å². The molecule has 106 valence electrons. The summed E-state index contributed by atoms with van der Waals surface area (Å²) in [6.07, 6.45) is 1.04. The lowest BCUT2D eigenvalue weighted by Gasteiger charge is -2.20. The molecule has 1 aromatic carbocycles. The zero-order valence-corrected chi connectivity index (χ0v) is 12.4. The van der Waals surface area contributed by atoms with Crippen LogP contribution in [0.25, 0.3) is 0 Å². The Bertz CT molecular complexity index is 404. The van der Waals surface area contributed by atoms with Gasteiger partial charge in [0.15, 0.2) is 0 Å². The molecule has 0 aliphatic rings. The molecule has 1 atom stereocenters. The SMILES string of the molecule is CCCNc1ccccc1C(=O)NCC(C)N(C)C. The Morgan fingerprint density at radius 1 is 1.32 bits per heavy atom. The van der Waals surface area contributed by atoms with Gasteiger partial charge in [-0.1, -0.05) is 19.1 Å². The molecule has 4 heteroatoms. The number of para-hydroxylation sites is 1. The molecule has 0 saturated heterocycles. The summed E-state index contributed by atoms with van der Waals surface area (Å²) in [5, 5.41) is 6.26. The van der Waals surface area contributed by atoms with Crippen molar-refractivity contribution >= 4 is 11.6 Å². The fourth-order valence-electron chi connectivity index (χ4n) is 1.61. The molecule has 1 unspecified atom stereocenters. The monoisotopic (exact) mass is 263 g/mol. The maximum atomic E-state index is 12.2. The van der Waals surface area contributed by atoms with Crippen LogP contribution in [0.15, 0.2) is 24.3 Å². The molecule has 0 heterocycles. The van der Waals surface area contributed by atoms with Crippen molar-refractivity contribution in [1.82, 2.24) is 10.2 Å². The number of anilines is 1. The van der Waals surface area contributed by atoms with Crippen molar-refractivity contribution in [2.45, 2.75) is 26.3 Å². The number of nitrogens with one attached hydrogen (secondary N) is 2. The van der Waals surface area contributed by atoms with Gasteiger partial charge in [-0.05, 0) is 39.6 Å². The molecule has 0 aromatic heterocycles. The summed E-state index contributed by atoms with van der Waals surface area (Å²) >= 11 is 0. The molecule has 0 saturated carbocycles. The highest BCUT2D eigenvalue weighted by Crippen LogP contribution is 2.14. The van der Waals surface area contributed by atoms with Gasteiger partial charge in [0.2, 0.25) is 0 Å². The van der Waals surface area contributed by atoms with E-state index in [9.17, 15) is 4.79 Å². The van der Waals surface area contributed by atoms with Crippen molar-refractivity contribution in [3.63, 3.8) is 0 Å². The molecule has 1 rings (SSSR count). The average Bonchev–Trinajstić information content (AvgIpc) is 2.42. The number of rotatable bonds is 7. The molecule has 0 radical (unpaired) electrons. The van der Waals surface area contributed by atoms with Gasteiger partial charge in [0, 0.05) is 24.8 Å². The summed E-state index contributed by atoms with van der Waals surface area (Å²) < 4.78 is 0. The largest absolute Gasteiger partial charge is 0.384 e. The van der Waals surface area contributed by atoms with Crippen LogP contribution >= 0.6 is 0 Å². The maximum absolute atomic E-state index is 12.2. The Labute approximate surface area is 116 Å². The van der Waals surface area contributed by atoms with Crippen LogP contribution in [-0.4, -0.2) is 44.0 Å². The van der Waals surface area contributed by atoms with Crippen LogP contribution in [0.4, 0.5) is 5.69 Å². The standard InChI is InChI=1S/C15H25N3O/c1-5-10-16-14-9-7-6-8-13(14)15(19)17-11-12(2)18(3)4/h6-9,12,16H,5,10-11H2,1-4H3,(H,17,19). The number of carbonyl (C=O) groups is 1. The predicted octanol–water partition coefficient (Wildman–Crippen LogP) is 2.19. The summed E-state index contributed by atoms with van der Waals surface area (Å²) in [6.45, 7) is 5.71. The van der Waals surface area contributed by atoms with E-state index in [0.29, 0.717) is 18.2 Å². The molecule has 4 nitrogen and oxygen atoms in total. The van der Waals surface area contributed by atoms with E-state index in [0.717, 1.165) is 18.7 Å². The molecule has 19 heavy (non-hydrogen) atoms. The molecule has 1 aromatic rings. The Hall–Kier alpha value is -1.55. The third kappa shape index (κ3) is 4.91. The van der Waals surface area contributed by atoms with Gasteiger partial charge in [-0.2, -0.15) is 0 Å². The summed E-state index contributed by atoms with van der Waals surface area (Å²) in [7, 11) is 4.02. The number of nitrogens with zero attached hydrogens (tertiary/aromatic N) is 1. The van der Waals surface area contributed by atoms with E-state index >= 15 is 0 Å². The van der Waals surface area contributed by atoms with Crippen LogP contribution in [0, 0.1) is 0 Å². The molecule has 0 fully saturated rings. The smallest absolute Gasteiger partial charge is 0.253 e. The number of benzene rings is 1. The van der Waals surface area contributed by atoms with Gasteiger partial charge < -0.3 is 15.5 Å². The zero-order chi connectivity index (χ0) is 14.3. The highest BCUT2D eigenvalue weighted by Gasteiger charge is 2.12. The number of hydrogen-bond donors (Lipinski definition) is 2. The molecule has 1 amide bonds. The first-order valence-electron chi connectivity index (χ1n) is 6.83. The van der Waals surface area contributed by atoms with Crippen LogP contribution in [0.5, 0.6) is 0 Å². The van der Waals surface area contributed by atoms with Crippen molar-refractivity contribution in [3.05, 3.63) is 29.8 Å². The highest BCUT2D eigenvalue weighted by molar-refractivity contribution is 5.99. The van der Waals surface area contributed by atoms with Crippen molar-refractivity contribution in [1.29, 1.82) is 0 Å². The minimum Gasteiger partial charge on any atom is -0.384 e. The number of likely N-dealkylation sites (N-methyl/N-ethyl adjacent to an activating group) is 1. The second-order valence-electron chi connectivity index (χ2n) is 5.00. The van der Waals surface area contributed by atoms with E-state index in [1.54, 1.807) is 0 Å². The fraction of sp³-hybridized carbons (Fsp3) is 0.533. The average molecular weight is 263 g/mol. The van der Waals surface area contributed by atoms with Crippen LogP contribution in [0.2, 0.25) is 0 Å². The van der Waals surface area contributed by atoms with E-state index in [2.05, 4.69) is 29.4 Å². The Balaban J connectivity index is 2.65. The molecular weight excluding hydrogens is 238 g/mol.